The van der Waals surface area contributed by atoms with Crippen molar-refractivity contribution in [1.82, 2.24) is 0 Å². The van der Waals surface area contributed by atoms with Crippen molar-refractivity contribution in [2.75, 3.05) is 13.2 Å². The van der Waals surface area contributed by atoms with E-state index in [1.54, 1.807) is 13.0 Å². The van der Waals surface area contributed by atoms with Crippen LogP contribution in [0.2, 0.25) is 0 Å². The summed E-state index contributed by atoms with van der Waals surface area (Å²) in [7, 11) is 0. The predicted octanol–water partition coefficient (Wildman–Crippen LogP) is 0.243. The predicted molar refractivity (Wildman–Crippen MR) is 160 cm³/mol. The lowest BCUT2D eigenvalue weighted by molar-refractivity contribution is -0.331. The Morgan fingerprint density at radius 3 is 2.40 bits per heavy atom. The molecule has 7 rings (SSSR count). The summed E-state index contributed by atoms with van der Waals surface area (Å²) in [5.74, 6) is -0.635. The second-order valence-corrected chi connectivity index (χ2v) is 15.7. The van der Waals surface area contributed by atoms with Gasteiger partial charge in [0.1, 0.15) is 37.3 Å². The molecule has 0 aromatic heterocycles. The lowest BCUT2D eigenvalue weighted by Crippen LogP contribution is -2.69. The van der Waals surface area contributed by atoms with Gasteiger partial charge in [-0.15, -0.1) is 0 Å². The lowest BCUT2D eigenvalue weighted by atomic mass is 9.41. The fraction of sp³-hybridized carbons (Fsp3) is 0.882. The van der Waals surface area contributed by atoms with E-state index in [2.05, 4.69) is 6.92 Å². The van der Waals surface area contributed by atoms with E-state index < -0.39 is 77.3 Å². The number of hydrogen-bond acceptors (Lipinski definition) is 13. The second-order valence-electron chi connectivity index (χ2n) is 15.7. The van der Waals surface area contributed by atoms with E-state index >= 15 is 0 Å². The molecule has 4 aliphatic carbocycles. The van der Waals surface area contributed by atoms with Crippen molar-refractivity contribution in [3.05, 3.63) is 11.6 Å². The third kappa shape index (κ3) is 5.18. The Balaban J connectivity index is 1.01. The molecule has 13 nitrogen and oxygen atoms in total. The molecule has 47 heavy (non-hydrogen) atoms. The summed E-state index contributed by atoms with van der Waals surface area (Å²) >= 11 is 0. The van der Waals surface area contributed by atoms with Gasteiger partial charge in [-0.3, -0.25) is 0 Å². The molecule has 7 aliphatic rings. The Hall–Kier alpha value is -1.52. The minimum atomic E-state index is -1.50. The molecule has 0 bridgehead atoms. The quantitative estimate of drug-likeness (QED) is 0.128. The summed E-state index contributed by atoms with van der Waals surface area (Å²) in [5.41, 5.74) is -2.86. The summed E-state index contributed by atoms with van der Waals surface area (Å²) in [6.45, 7) is 3.86. The largest absolute Gasteiger partial charge is 0.458 e. The van der Waals surface area contributed by atoms with Crippen molar-refractivity contribution in [1.29, 1.82) is 0 Å². The van der Waals surface area contributed by atoms with Crippen LogP contribution in [0.1, 0.15) is 78.1 Å². The van der Waals surface area contributed by atoms with Gasteiger partial charge in [0.25, 0.3) is 0 Å². The smallest absolute Gasteiger partial charge is 0.331 e. The number of aliphatic hydroxyl groups is 6. The molecule has 16 atom stereocenters. The first-order valence-electron chi connectivity index (χ1n) is 17.3. The molecule has 6 N–H and O–H groups in total. The van der Waals surface area contributed by atoms with Gasteiger partial charge in [-0.25, -0.2) is 4.79 Å². The lowest BCUT2D eigenvalue weighted by Gasteiger charge is -2.65. The number of carbonyl (C=O) groups excluding carboxylic acids is 2. The summed E-state index contributed by atoms with van der Waals surface area (Å²) in [5, 5.41) is 65.7. The van der Waals surface area contributed by atoms with Gasteiger partial charge in [-0.1, -0.05) is 6.92 Å². The van der Waals surface area contributed by atoms with Gasteiger partial charge in [-0.05, 0) is 81.6 Å². The van der Waals surface area contributed by atoms with Gasteiger partial charge in [0.2, 0.25) is 0 Å². The van der Waals surface area contributed by atoms with Gasteiger partial charge in [0.05, 0.1) is 41.5 Å². The van der Waals surface area contributed by atoms with E-state index in [1.807, 2.05) is 0 Å². The van der Waals surface area contributed by atoms with Crippen LogP contribution in [0.3, 0.4) is 0 Å². The number of esters is 1. The van der Waals surface area contributed by atoms with Gasteiger partial charge < -0.3 is 59.1 Å². The number of hydrogen-bond donors (Lipinski definition) is 6. The molecule has 0 aromatic rings. The highest BCUT2D eigenvalue weighted by atomic mass is 16.7. The molecular weight excluding hydrogens is 616 g/mol. The van der Waals surface area contributed by atoms with Crippen LogP contribution in [0.15, 0.2) is 11.6 Å². The number of ether oxygens (including phenoxy) is 5. The summed E-state index contributed by atoms with van der Waals surface area (Å²) in [4.78, 5) is 25.0. The fourth-order valence-electron chi connectivity index (χ4n) is 11.0. The summed E-state index contributed by atoms with van der Waals surface area (Å²) < 4.78 is 28.7. The maximum absolute atomic E-state index is 13.1. The van der Waals surface area contributed by atoms with E-state index in [-0.39, 0.29) is 49.8 Å². The zero-order valence-corrected chi connectivity index (χ0v) is 27.1. The van der Waals surface area contributed by atoms with Crippen molar-refractivity contribution >= 4 is 12.3 Å². The molecule has 3 aliphatic heterocycles. The highest BCUT2D eigenvalue weighted by molar-refractivity contribution is 5.85. The van der Waals surface area contributed by atoms with Crippen LogP contribution < -0.4 is 0 Å². The molecule has 0 radical (unpaired) electrons. The second kappa shape index (κ2) is 12.1. The molecule has 0 aromatic carbocycles. The Morgan fingerprint density at radius 2 is 1.70 bits per heavy atom. The SMILES string of the molecule is C[C@H]1O[C@@H](O[C@H]2CC[C@]3(C=O)C4CC[C@]5(C)C(C6=CC(=O)OC6)CC[C@]5(O)C4CC[C@]3(O)C2)C[C@H](O)[C@@H]1O[C@@H]1OC[C@@H](O)[C@H](O)[C@H]1O. The number of aldehydes is 1. The van der Waals surface area contributed by atoms with Crippen LogP contribution in [0.25, 0.3) is 0 Å². The Bertz CT molecular complexity index is 1250. The van der Waals surface area contributed by atoms with Crippen LogP contribution in [-0.4, -0.2) is 123 Å². The van der Waals surface area contributed by atoms with Crippen molar-refractivity contribution in [3.8, 4) is 0 Å². The molecule has 6 fully saturated rings. The summed E-state index contributed by atoms with van der Waals surface area (Å²) in [6.07, 6.45) is -1.89. The van der Waals surface area contributed by atoms with Gasteiger partial charge in [-0.2, -0.15) is 0 Å². The molecule has 0 spiro atoms. The Labute approximate surface area is 274 Å². The van der Waals surface area contributed by atoms with Crippen LogP contribution in [0, 0.1) is 28.6 Å². The number of carbonyl (C=O) groups is 2. The first kappa shape index (κ1) is 34.0. The number of cyclic esters (lactones) is 1. The van der Waals surface area contributed by atoms with E-state index in [0.717, 1.165) is 18.3 Å². The monoisotopic (exact) mass is 666 g/mol. The third-order valence-electron chi connectivity index (χ3n) is 13.6. The average molecular weight is 667 g/mol. The van der Waals surface area contributed by atoms with Gasteiger partial charge in [0.15, 0.2) is 12.6 Å². The fourth-order valence-corrected chi connectivity index (χ4v) is 11.0. The van der Waals surface area contributed by atoms with Crippen LogP contribution >= 0.6 is 0 Å². The summed E-state index contributed by atoms with van der Waals surface area (Å²) in [6, 6.07) is 0. The number of aliphatic hydroxyl groups excluding tert-OH is 4. The highest BCUT2D eigenvalue weighted by Crippen LogP contribution is 2.70. The first-order chi connectivity index (χ1) is 22.2. The van der Waals surface area contributed by atoms with Crippen molar-refractivity contribution < 1.29 is 63.9 Å². The molecule has 0 amide bonds. The maximum Gasteiger partial charge on any atom is 0.331 e. The van der Waals surface area contributed by atoms with Crippen LogP contribution in [-0.2, 0) is 33.3 Å². The van der Waals surface area contributed by atoms with E-state index in [4.69, 9.17) is 23.7 Å². The normalized spacial score (nSPS) is 54.6. The topological polar surface area (TPSA) is 202 Å². The van der Waals surface area contributed by atoms with Crippen molar-refractivity contribution in [2.45, 2.75) is 145 Å². The van der Waals surface area contributed by atoms with E-state index in [0.29, 0.717) is 44.9 Å². The maximum atomic E-state index is 13.1. The zero-order valence-electron chi connectivity index (χ0n) is 27.1. The van der Waals surface area contributed by atoms with Gasteiger partial charge >= 0.3 is 5.97 Å². The molecule has 3 unspecified atom stereocenters. The highest BCUT2D eigenvalue weighted by Gasteiger charge is 2.71. The first-order valence-corrected chi connectivity index (χ1v) is 17.3. The number of fused-ring (bicyclic) bond motifs is 5. The molecule has 3 heterocycles. The standard InChI is InChI=1S/C34H50O13/c1-17-29(47-30-28(40)27(39)24(37)15-44-30)23(36)12-26(45-17)46-19-3-8-32(16-35)21-4-7-31(2)20(18-11-25(38)43-14-18)6-10-34(31,42)22(21)5-9-33(32,41)13-19/h11,16-17,19-24,26-30,36-37,39-42H,3-10,12-15H2,1-2H3/t17-,19+,20?,21?,22?,23+,24-,26+,27+,28-,29-,30+,31-,32+,33+,34+/m1/s1. The van der Waals surface area contributed by atoms with Crippen molar-refractivity contribution in [2.24, 2.45) is 28.6 Å². The van der Waals surface area contributed by atoms with Crippen molar-refractivity contribution in [3.63, 3.8) is 0 Å². The third-order valence-corrected chi connectivity index (χ3v) is 13.6. The molecular formula is C34H50O13. The minimum absolute atomic E-state index is 0.0370. The molecule has 13 heteroatoms. The average Bonchev–Trinajstić information content (AvgIpc) is 3.57. The van der Waals surface area contributed by atoms with E-state index in [9.17, 15) is 40.2 Å². The molecule has 264 valence electrons. The Morgan fingerprint density at radius 1 is 0.936 bits per heavy atom. The zero-order chi connectivity index (χ0) is 33.5. The molecule has 2 saturated heterocycles. The van der Waals surface area contributed by atoms with E-state index in [1.165, 1.54) is 0 Å². The number of rotatable bonds is 6. The minimum Gasteiger partial charge on any atom is -0.458 e. The van der Waals surface area contributed by atoms with Crippen LogP contribution in [0.4, 0.5) is 0 Å². The molecule has 4 saturated carbocycles. The Kier molecular flexibility index (Phi) is 8.72. The van der Waals surface area contributed by atoms with Gasteiger partial charge in [0, 0.05) is 24.3 Å². The van der Waals surface area contributed by atoms with Crippen LogP contribution in [0.5, 0.6) is 0 Å².